The van der Waals surface area contributed by atoms with Crippen LogP contribution < -0.4 is 9.47 Å². The summed E-state index contributed by atoms with van der Waals surface area (Å²) >= 11 is 0. The maximum atomic E-state index is 11.9. The number of para-hydroxylation sites is 2. The molecule has 0 amide bonds. The number of unbranched alkanes of at least 4 members (excludes halogenated alkanes) is 1. The Balaban J connectivity index is 2.30. The van der Waals surface area contributed by atoms with Crippen molar-refractivity contribution >= 4 is 5.97 Å². The van der Waals surface area contributed by atoms with Crippen molar-refractivity contribution in [3.63, 3.8) is 0 Å². The van der Waals surface area contributed by atoms with Crippen LogP contribution >= 0.6 is 0 Å². The molecule has 0 atom stereocenters. The molecule has 0 saturated carbocycles. The van der Waals surface area contributed by atoms with Gasteiger partial charge in [0.15, 0.2) is 0 Å². The molecule has 0 unspecified atom stereocenters. The topological polar surface area (TPSA) is 35.5 Å². The van der Waals surface area contributed by atoms with E-state index in [0.717, 1.165) is 29.7 Å². The van der Waals surface area contributed by atoms with Gasteiger partial charge in [0.05, 0.1) is 7.11 Å². The number of carbonyl (C=O) groups is 1. The van der Waals surface area contributed by atoms with Crippen LogP contribution in [0.25, 0.3) is 11.1 Å². The first-order valence-corrected chi connectivity index (χ1v) is 7.19. The summed E-state index contributed by atoms with van der Waals surface area (Å²) in [5.74, 6) is 1.14. The van der Waals surface area contributed by atoms with Crippen LogP contribution in [-0.4, -0.2) is 13.1 Å². The van der Waals surface area contributed by atoms with Gasteiger partial charge in [-0.05, 0) is 18.6 Å². The quantitative estimate of drug-likeness (QED) is 0.580. The van der Waals surface area contributed by atoms with Crippen LogP contribution in [0.15, 0.2) is 48.5 Å². The smallest absolute Gasteiger partial charge is 0.311 e. The Labute approximate surface area is 125 Å². The highest BCUT2D eigenvalue weighted by Crippen LogP contribution is 2.36. The molecule has 3 heteroatoms. The molecule has 110 valence electrons. The van der Waals surface area contributed by atoms with Gasteiger partial charge >= 0.3 is 5.97 Å². The Bertz CT molecular complexity index is 605. The van der Waals surface area contributed by atoms with Gasteiger partial charge < -0.3 is 9.47 Å². The Morgan fingerprint density at radius 3 is 2.14 bits per heavy atom. The maximum absolute atomic E-state index is 11.9. The number of benzene rings is 2. The Hall–Kier alpha value is -2.29. The minimum atomic E-state index is -0.195. The highest BCUT2D eigenvalue weighted by molar-refractivity contribution is 5.80. The molecule has 21 heavy (non-hydrogen) atoms. The Morgan fingerprint density at radius 1 is 0.952 bits per heavy atom. The van der Waals surface area contributed by atoms with Gasteiger partial charge in [-0.25, -0.2) is 0 Å². The average molecular weight is 284 g/mol. The van der Waals surface area contributed by atoms with E-state index in [0.29, 0.717) is 12.2 Å². The van der Waals surface area contributed by atoms with Crippen LogP contribution in [0.2, 0.25) is 0 Å². The number of carbonyl (C=O) groups excluding carboxylic acids is 1. The summed E-state index contributed by atoms with van der Waals surface area (Å²) in [5, 5.41) is 0. The Kier molecular flexibility index (Phi) is 5.38. The van der Waals surface area contributed by atoms with E-state index in [1.807, 2.05) is 48.5 Å². The fraction of sp³-hybridized carbons (Fsp3) is 0.278. The second-order valence-corrected chi connectivity index (χ2v) is 4.77. The van der Waals surface area contributed by atoms with Crippen LogP contribution in [0, 0.1) is 0 Å². The lowest BCUT2D eigenvalue weighted by molar-refractivity contribution is -0.134. The molecule has 2 aromatic carbocycles. The summed E-state index contributed by atoms with van der Waals surface area (Å²) < 4.78 is 10.9. The zero-order valence-corrected chi connectivity index (χ0v) is 12.5. The maximum Gasteiger partial charge on any atom is 0.311 e. The first kappa shape index (κ1) is 15.1. The van der Waals surface area contributed by atoms with E-state index < -0.39 is 0 Å². The molecule has 0 aliphatic heterocycles. The van der Waals surface area contributed by atoms with Crippen molar-refractivity contribution in [3.05, 3.63) is 48.5 Å². The SMILES string of the molecule is CCCCC(=O)Oc1ccccc1-c1ccccc1OC. The highest BCUT2D eigenvalue weighted by atomic mass is 16.5. The van der Waals surface area contributed by atoms with Crippen LogP contribution in [-0.2, 0) is 4.79 Å². The van der Waals surface area contributed by atoms with Crippen molar-refractivity contribution < 1.29 is 14.3 Å². The third-order valence-corrected chi connectivity index (χ3v) is 3.24. The van der Waals surface area contributed by atoms with Crippen molar-refractivity contribution in [2.45, 2.75) is 26.2 Å². The minimum Gasteiger partial charge on any atom is -0.496 e. The van der Waals surface area contributed by atoms with Crippen molar-refractivity contribution in [3.8, 4) is 22.6 Å². The summed E-state index contributed by atoms with van der Waals surface area (Å²) in [7, 11) is 1.63. The molecule has 2 aromatic rings. The number of rotatable bonds is 6. The molecule has 2 rings (SSSR count). The molecule has 3 nitrogen and oxygen atoms in total. The third kappa shape index (κ3) is 3.85. The molecule has 0 saturated heterocycles. The second-order valence-electron chi connectivity index (χ2n) is 4.77. The predicted octanol–water partition coefficient (Wildman–Crippen LogP) is 4.46. The van der Waals surface area contributed by atoms with Gasteiger partial charge in [-0.1, -0.05) is 49.7 Å². The van der Waals surface area contributed by atoms with Crippen LogP contribution in [0.1, 0.15) is 26.2 Å². The average Bonchev–Trinajstić information content (AvgIpc) is 2.53. The number of methoxy groups -OCH3 is 1. The molecule has 0 heterocycles. The molecule has 0 aromatic heterocycles. The van der Waals surface area contributed by atoms with E-state index in [2.05, 4.69) is 6.92 Å². The molecule has 0 aliphatic carbocycles. The van der Waals surface area contributed by atoms with Crippen molar-refractivity contribution in [1.82, 2.24) is 0 Å². The van der Waals surface area contributed by atoms with Crippen LogP contribution in [0.5, 0.6) is 11.5 Å². The van der Waals surface area contributed by atoms with Crippen molar-refractivity contribution in [1.29, 1.82) is 0 Å². The molecule has 0 N–H and O–H groups in total. The van der Waals surface area contributed by atoms with E-state index in [1.165, 1.54) is 0 Å². The van der Waals surface area contributed by atoms with E-state index in [4.69, 9.17) is 9.47 Å². The van der Waals surface area contributed by atoms with E-state index in [9.17, 15) is 4.79 Å². The predicted molar refractivity (Wildman–Crippen MR) is 83.6 cm³/mol. The third-order valence-electron chi connectivity index (χ3n) is 3.24. The van der Waals surface area contributed by atoms with Gasteiger partial charge in [-0.2, -0.15) is 0 Å². The molecule has 0 aliphatic rings. The molecular formula is C18H20O3. The normalized spacial score (nSPS) is 10.2. The fourth-order valence-electron chi connectivity index (χ4n) is 2.14. The van der Waals surface area contributed by atoms with E-state index in [1.54, 1.807) is 7.11 Å². The zero-order chi connectivity index (χ0) is 15.1. The minimum absolute atomic E-state index is 0.195. The molecule has 0 spiro atoms. The lowest BCUT2D eigenvalue weighted by atomic mass is 10.0. The summed E-state index contributed by atoms with van der Waals surface area (Å²) in [6.45, 7) is 2.05. The first-order valence-electron chi connectivity index (χ1n) is 7.19. The van der Waals surface area contributed by atoms with Crippen molar-refractivity contribution in [2.24, 2.45) is 0 Å². The summed E-state index contributed by atoms with van der Waals surface area (Å²) in [5.41, 5.74) is 1.78. The highest BCUT2D eigenvalue weighted by Gasteiger charge is 2.13. The standard InChI is InChI=1S/C18H20O3/c1-3-4-13-18(19)21-17-12-8-6-10-15(17)14-9-5-7-11-16(14)20-2/h5-12H,3-4,13H2,1-2H3. The van der Waals surface area contributed by atoms with Gasteiger partial charge in [0.1, 0.15) is 11.5 Å². The number of ether oxygens (including phenoxy) is 2. The van der Waals surface area contributed by atoms with Gasteiger partial charge in [0.2, 0.25) is 0 Å². The fourth-order valence-corrected chi connectivity index (χ4v) is 2.14. The Morgan fingerprint density at radius 2 is 1.52 bits per heavy atom. The number of hydrogen-bond donors (Lipinski definition) is 0. The van der Waals surface area contributed by atoms with Gasteiger partial charge in [0, 0.05) is 17.5 Å². The molecule has 0 fully saturated rings. The number of hydrogen-bond acceptors (Lipinski definition) is 3. The molecule has 0 bridgehead atoms. The molecule has 0 radical (unpaired) electrons. The zero-order valence-electron chi connectivity index (χ0n) is 12.5. The van der Waals surface area contributed by atoms with E-state index in [-0.39, 0.29) is 5.97 Å². The summed E-state index contributed by atoms with van der Waals surface area (Å²) in [4.78, 5) is 11.9. The largest absolute Gasteiger partial charge is 0.496 e. The lowest BCUT2D eigenvalue weighted by Crippen LogP contribution is -2.08. The van der Waals surface area contributed by atoms with Crippen LogP contribution in [0.3, 0.4) is 0 Å². The van der Waals surface area contributed by atoms with Gasteiger partial charge in [-0.15, -0.1) is 0 Å². The lowest BCUT2D eigenvalue weighted by Gasteiger charge is -2.13. The van der Waals surface area contributed by atoms with Gasteiger partial charge in [0.25, 0.3) is 0 Å². The van der Waals surface area contributed by atoms with Crippen molar-refractivity contribution in [2.75, 3.05) is 7.11 Å². The van der Waals surface area contributed by atoms with Gasteiger partial charge in [-0.3, -0.25) is 4.79 Å². The summed E-state index contributed by atoms with van der Waals surface area (Å²) in [6, 6.07) is 15.2. The monoisotopic (exact) mass is 284 g/mol. The summed E-state index contributed by atoms with van der Waals surface area (Å²) in [6.07, 6.45) is 2.26. The van der Waals surface area contributed by atoms with Crippen LogP contribution in [0.4, 0.5) is 0 Å². The first-order chi connectivity index (χ1) is 10.3. The second kappa shape index (κ2) is 7.48. The number of esters is 1. The molecular weight excluding hydrogens is 264 g/mol. The van der Waals surface area contributed by atoms with E-state index >= 15 is 0 Å².